The van der Waals surface area contributed by atoms with Crippen LogP contribution in [0.15, 0.2) is 40.1 Å². The molecule has 1 aromatic carbocycles. The summed E-state index contributed by atoms with van der Waals surface area (Å²) < 4.78 is 1.78. The molecule has 0 bridgehead atoms. The molecule has 0 aliphatic rings. The number of benzene rings is 1. The lowest BCUT2D eigenvalue weighted by molar-refractivity contribution is 0.371. The summed E-state index contributed by atoms with van der Waals surface area (Å²) in [6, 6.07) is 9.98. The van der Waals surface area contributed by atoms with Crippen LogP contribution in [0.2, 0.25) is 0 Å². The molecule has 5 nitrogen and oxygen atoms in total. The Morgan fingerprint density at radius 3 is 2.74 bits per heavy atom. The minimum absolute atomic E-state index is 0.00387. The molecule has 1 aromatic heterocycles. The zero-order valence-corrected chi connectivity index (χ0v) is 14.1. The fourth-order valence-electron chi connectivity index (χ4n) is 2.25. The van der Waals surface area contributed by atoms with Crippen LogP contribution >= 0.6 is 12.2 Å². The van der Waals surface area contributed by atoms with Crippen LogP contribution in [0.5, 0.6) is 5.88 Å². The Bertz CT molecular complexity index is 794. The van der Waals surface area contributed by atoms with E-state index in [9.17, 15) is 9.90 Å². The highest BCUT2D eigenvalue weighted by Crippen LogP contribution is 2.20. The zero-order chi connectivity index (χ0) is 16.8. The summed E-state index contributed by atoms with van der Waals surface area (Å²) in [6.07, 6.45) is 2.99. The molecule has 0 spiro atoms. The van der Waals surface area contributed by atoms with Crippen molar-refractivity contribution in [1.29, 1.82) is 0 Å². The van der Waals surface area contributed by atoms with Gasteiger partial charge in [0.1, 0.15) is 5.56 Å². The van der Waals surface area contributed by atoms with Gasteiger partial charge in [-0.3, -0.25) is 19.3 Å². The van der Waals surface area contributed by atoms with Gasteiger partial charge < -0.3 is 5.11 Å². The number of aliphatic imine (C=N–C) groups is 1. The Kier molecular flexibility index (Phi) is 5.87. The van der Waals surface area contributed by atoms with Crippen LogP contribution in [0.25, 0.3) is 0 Å². The van der Waals surface area contributed by atoms with E-state index in [-0.39, 0.29) is 22.3 Å². The molecular weight excluding hydrogens is 310 g/mol. The van der Waals surface area contributed by atoms with Crippen LogP contribution in [0.3, 0.4) is 0 Å². The monoisotopic (exact) mass is 331 g/mol. The van der Waals surface area contributed by atoms with Gasteiger partial charge in [0.05, 0.1) is 0 Å². The molecule has 122 valence electrons. The Morgan fingerprint density at radius 1 is 1.39 bits per heavy atom. The molecule has 0 saturated carbocycles. The third-order valence-corrected chi connectivity index (χ3v) is 4.08. The highest BCUT2D eigenvalue weighted by atomic mass is 32.1. The van der Waals surface area contributed by atoms with Crippen molar-refractivity contribution in [1.82, 2.24) is 9.55 Å². The normalized spacial score (nSPS) is 12.6. The Morgan fingerprint density at radius 2 is 2.09 bits per heavy atom. The van der Waals surface area contributed by atoms with Crippen molar-refractivity contribution < 1.29 is 5.11 Å². The van der Waals surface area contributed by atoms with Crippen LogP contribution in [0.4, 0.5) is 0 Å². The van der Waals surface area contributed by atoms with E-state index in [1.54, 1.807) is 4.57 Å². The molecule has 0 radical (unpaired) electrons. The van der Waals surface area contributed by atoms with Gasteiger partial charge in [-0.1, -0.05) is 37.3 Å². The lowest BCUT2D eigenvalue weighted by Gasteiger charge is -2.16. The standard InChI is InChI=1S/C17H21N3O2S/c1-3-12(2)20-16(22)14(15(21)19-17(20)23)11-18-10-9-13-7-5-4-6-8-13/h4-8,11-12,22H,3,9-10H2,1-2H3,(H,19,21,23)/t12-/m0/s1. The van der Waals surface area contributed by atoms with Gasteiger partial charge in [0, 0.05) is 18.8 Å². The molecule has 0 fully saturated rings. The molecule has 2 rings (SSSR count). The molecule has 0 saturated heterocycles. The fourth-order valence-corrected chi connectivity index (χ4v) is 2.61. The Hall–Kier alpha value is -2.21. The average molecular weight is 331 g/mol. The van der Waals surface area contributed by atoms with Crippen LogP contribution < -0.4 is 5.56 Å². The molecule has 0 unspecified atom stereocenters. The minimum Gasteiger partial charge on any atom is -0.494 e. The summed E-state index contributed by atoms with van der Waals surface area (Å²) in [7, 11) is 0. The number of aromatic amines is 1. The van der Waals surface area contributed by atoms with Gasteiger partial charge in [0.15, 0.2) is 4.77 Å². The van der Waals surface area contributed by atoms with Crippen LogP contribution in [0.1, 0.15) is 37.4 Å². The highest BCUT2D eigenvalue weighted by molar-refractivity contribution is 7.71. The van der Waals surface area contributed by atoms with Crippen LogP contribution in [0, 0.1) is 4.77 Å². The van der Waals surface area contributed by atoms with Gasteiger partial charge in [-0.2, -0.15) is 0 Å². The number of nitrogens with one attached hydrogen (secondary N) is 1. The molecule has 6 heteroatoms. The van der Waals surface area contributed by atoms with E-state index >= 15 is 0 Å². The lowest BCUT2D eigenvalue weighted by Crippen LogP contribution is -2.20. The van der Waals surface area contributed by atoms with Crippen molar-refractivity contribution in [2.24, 2.45) is 4.99 Å². The summed E-state index contributed by atoms with van der Waals surface area (Å²) in [5, 5.41) is 10.4. The number of hydrogen-bond acceptors (Lipinski definition) is 4. The molecule has 2 aromatic rings. The molecule has 0 amide bonds. The van der Waals surface area contributed by atoms with E-state index in [4.69, 9.17) is 12.2 Å². The van der Waals surface area contributed by atoms with Crippen molar-refractivity contribution in [3.8, 4) is 5.88 Å². The van der Waals surface area contributed by atoms with Crippen molar-refractivity contribution in [2.45, 2.75) is 32.7 Å². The quantitative estimate of drug-likeness (QED) is 0.630. The van der Waals surface area contributed by atoms with Crippen LogP contribution in [-0.2, 0) is 6.42 Å². The lowest BCUT2D eigenvalue weighted by atomic mass is 10.1. The smallest absolute Gasteiger partial charge is 0.264 e. The number of H-pyrrole nitrogens is 1. The van der Waals surface area contributed by atoms with Gasteiger partial charge in [-0.05, 0) is 37.5 Å². The van der Waals surface area contributed by atoms with Crippen molar-refractivity contribution in [2.75, 3.05) is 6.54 Å². The van der Waals surface area contributed by atoms with E-state index in [1.165, 1.54) is 11.8 Å². The summed E-state index contributed by atoms with van der Waals surface area (Å²) in [5.74, 6) is -0.128. The first kappa shape index (κ1) is 17.1. The first-order valence-corrected chi connectivity index (χ1v) is 8.07. The second kappa shape index (κ2) is 7.87. The predicted molar refractivity (Wildman–Crippen MR) is 95.2 cm³/mol. The van der Waals surface area contributed by atoms with Gasteiger partial charge in [-0.15, -0.1) is 0 Å². The van der Waals surface area contributed by atoms with Gasteiger partial charge in [0.2, 0.25) is 5.88 Å². The molecule has 23 heavy (non-hydrogen) atoms. The predicted octanol–water partition coefficient (Wildman–Crippen LogP) is 3.24. The second-order valence-electron chi connectivity index (χ2n) is 5.39. The van der Waals surface area contributed by atoms with E-state index < -0.39 is 5.56 Å². The van der Waals surface area contributed by atoms with Crippen molar-refractivity contribution in [3.05, 3.63) is 56.6 Å². The second-order valence-corrected chi connectivity index (χ2v) is 5.78. The molecule has 1 heterocycles. The summed E-state index contributed by atoms with van der Waals surface area (Å²) >= 11 is 5.13. The third kappa shape index (κ3) is 4.16. The topological polar surface area (TPSA) is 70.4 Å². The summed E-state index contributed by atoms with van der Waals surface area (Å²) in [4.78, 5) is 18.9. The first-order valence-electron chi connectivity index (χ1n) is 7.66. The third-order valence-electron chi connectivity index (χ3n) is 3.78. The number of nitrogens with zero attached hydrogens (tertiary/aromatic N) is 2. The molecule has 2 N–H and O–H groups in total. The van der Waals surface area contributed by atoms with E-state index in [1.807, 2.05) is 44.2 Å². The minimum atomic E-state index is -0.421. The maximum atomic E-state index is 12.0. The molecule has 0 aliphatic heterocycles. The maximum absolute atomic E-state index is 12.0. The Balaban J connectivity index is 2.21. The highest BCUT2D eigenvalue weighted by Gasteiger charge is 2.14. The average Bonchev–Trinajstić information content (AvgIpc) is 2.54. The van der Waals surface area contributed by atoms with Crippen molar-refractivity contribution >= 4 is 18.4 Å². The molecule has 0 aliphatic carbocycles. The van der Waals surface area contributed by atoms with Gasteiger partial charge >= 0.3 is 0 Å². The van der Waals surface area contributed by atoms with Crippen molar-refractivity contribution in [3.63, 3.8) is 0 Å². The van der Waals surface area contributed by atoms with E-state index in [2.05, 4.69) is 9.98 Å². The van der Waals surface area contributed by atoms with E-state index in [0.29, 0.717) is 6.54 Å². The van der Waals surface area contributed by atoms with Crippen LogP contribution in [-0.4, -0.2) is 27.4 Å². The number of aromatic nitrogens is 2. The number of rotatable bonds is 6. The summed E-state index contributed by atoms with van der Waals surface area (Å²) in [6.45, 7) is 4.47. The molecule has 1 atom stereocenters. The number of hydrogen-bond donors (Lipinski definition) is 2. The maximum Gasteiger partial charge on any atom is 0.264 e. The van der Waals surface area contributed by atoms with E-state index in [0.717, 1.165) is 12.8 Å². The summed E-state index contributed by atoms with van der Waals surface area (Å²) in [5.41, 5.74) is 0.904. The SMILES string of the molecule is CC[C@H](C)n1c(O)c(C=NCCc2ccccc2)c(=O)[nH]c1=S. The largest absolute Gasteiger partial charge is 0.494 e. The first-order chi connectivity index (χ1) is 11.0. The number of aromatic hydroxyl groups is 1. The fraction of sp³-hybridized carbons (Fsp3) is 0.353. The molecular formula is C17H21N3O2S. The Labute approximate surface area is 140 Å². The van der Waals surface area contributed by atoms with Gasteiger partial charge in [-0.25, -0.2) is 0 Å². The van der Waals surface area contributed by atoms with Gasteiger partial charge in [0.25, 0.3) is 5.56 Å². The zero-order valence-electron chi connectivity index (χ0n) is 13.3.